The number of carbonyl (C=O) groups excluding carboxylic acids is 2. The Labute approximate surface area is 113 Å². The average molecular weight is 261 g/mol. The molecule has 1 aromatic carbocycles. The van der Waals surface area contributed by atoms with Gasteiger partial charge in [0.25, 0.3) is 0 Å². The Hall–Kier alpha value is -2.10. The van der Waals surface area contributed by atoms with Crippen molar-refractivity contribution in [3.8, 4) is 0 Å². The molecule has 0 amide bonds. The Morgan fingerprint density at radius 2 is 2.11 bits per heavy atom. The molecule has 0 aliphatic heterocycles. The number of benzene rings is 1. The Bertz CT molecular complexity index is 468. The molecule has 4 heteroatoms. The van der Waals surface area contributed by atoms with Gasteiger partial charge in [0.05, 0.1) is 6.26 Å². The third-order valence-corrected chi connectivity index (χ3v) is 2.87. The molecule has 0 bridgehead atoms. The molecule has 0 saturated heterocycles. The van der Waals surface area contributed by atoms with Crippen LogP contribution in [0.5, 0.6) is 0 Å². The monoisotopic (exact) mass is 261 g/mol. The van der Waals surface area contributed by atoms with Gasteiger partial charge < -0.3 is 10.5 Å². The number of esters is 1. The zero-order valence-corrected chi connectivity index (χ0v) is 11.1. The molecular weight excluding hydrogens is 242 g/mol. The number of nitrogens with two attached hydrogens (primary N) is 1. The van der Waals surface area contributed by atoms with Crippen LogP contribution >= 0.6 is 0 Å². The molecule has 0 aromatic heterocycles. The Morgan fingerprint density at radius 3 is 2.68 bits per heavy atom. The van der Waals surface area contributed by atoms with E-state index >= 15 is 0 Å². The lowest BCUT2D eigenvalue weighted by Crippen LogP contribution is -2.26. The number of nitrogen functional groups attached to an aromatic ring is 1. The average Bonchev–Trinajstić information content (AvgIpc) is 2.39. The number of hydrogen-bond acceptors (Lipinski definition) is 4. The fourth-order valence-electron chi connectivity index (χ4n) is 1.84. The first kappa shape index (κ1) is 15.0. The lowest BCUT2D eigenvalue weighted by Gasteiger charge is -2.14. The Kier molecular flexibility index (Phi) is 5.79. The lowest BCUT2D eigenvalue weighted by atomic mass is 9.92. The predicted octanol–water partition coefficient (Wildman–Crippen LogP) is 2.94. The largest absolute Gasteiger partial charge is 0.435 e. The molecule has 19 heavy (non-hydrogen) atoms. The summed E-state index contributed by atoms with van der Waals surface area (Å²) in [5, 5.41) is 0. The highest BCUT2D eigenvalue weighted by atomic mass is 16.5. The number of ketones is 1. The molecule has 1 unspecified atom stereocenters. The number of carbonyl (C=O) groups is 2. The van der Waals surface area contributed by atoms with Crippen LogP contribution in [0.25, 0.3) is 0 Å². The van der Waals surface area contributed by atoms with E-state index in [2.05, 4.69) is 6.58 Å². The van der Waals surface area contributed by atoms with Crippen LogP contribution in [-0.4, -0.2) is 11.8 Å². The van der Waals surface area contributed by atoms with E-state index in [4.69, 9.17) is 10.5 Å². The first-order chi connectivity index (χ1) is 9.11. The van der Waals surface area contributed by atoms with Gasteiger partial charge in [0, 0.05) is 11.3 Å². The summed E-state index contributed by atoms with van der Waals surface area (Å²) in [5.74, 6) is -1.68. The number of hydrogen-bond donors (Lipinski definition) is 1. The maximum absolute atomic E-state index is 12.4. The summed E-state index contributed by atoms with van der Waals surface area (Å²) < 4.78 is 4.75. The summed E-state index contributed by atoms with van der Waals surface area (Å²) in [6.07, 6.45) is 3.17. The van der Waals surface area contributed by atoms with Crippen molar-refractivity contribution in [2.24, 2.45) is 5.92 Å². The summed E-state index contributed by atoms with van der Waals surface area (Å²) in [7, 11) is 0. The van der Waals surface area contributed by atoms with Crippen LogP contribution < -0.4 is 5.73 Å². The summed E-state index contributed by atoms with van der Waals surface area (Å²) in [4.78, 5) is 24.2. The second kappa shape index (κ2) is 7.36. The van der Waals surface area contributed by atoms with Gasteiger partial charge in [-0.15, -0.1) is 0 Å². The standard InChI is InChI=1S/C15H19NO3/c1-3-5-8-12(15(18)19-4-2)14(17)11-9-6-7-10-13(11)16/h4,6-7,9-10,12H,2-3,5,8,16H2,1H3. The normalized spacial score (nSPS) is 11.6. The molecule has 0 saturated carbocycles. The van der Waals surface area contributed by atoms with Crippen LogP contribution in [0.3, 0.4) is 0 Å². The number of para-hydroxylation sites is 1. The van der Waals surface area contributed by atoms with Crippen LogP contribution in [0.15, 0.2) is 37.1 Å². The zero-order chi connectivity index (χ0) is 14.3. The molecule has 1 aromatic rings. The number of anilines is 1. The van der Waals surface area contributed by atoms with E-state index < -0.39 is 11.9 Å². The van der Waals surface area contributed by atoms with Gasteiger partial charge in [-0.2, -0.15) is 0 Å². The molecule has 0 heterocycles. The van der Waals surface area contributed by atoms with Gasteiger partial charge in [-0.25, -0.2) is 0 Å². The van der Waals surface area contributed by atoms with Crippen molar-refractivity contribution in [1.82, 2.24) is 0 Å². The third kappa shape index (κ3) is 3.95. The van der Waals surface area contributed by atoms with Crippen LogP contribution in [-0.2, 0) is 9.53 Å². The second-order valence-corrected chi connectivity index (χ2v) is 4.25. The highest BCUT2D eigenvalue weighted by Gasteiger charge is 2.29. The van der Waals surface area contributed by atoms with E-state index in [9.17, 15) is 9.59 Å². The minimum atomic E-state index is -0.817. The zero-order valence-electron chi connectivity index (χ0n) is 11.1. The molecule has 1 atom stereocenters. The van der Waals surface area contributed by atoms with E-state index in [0.717, 1.165) is 19.1 Å². The van der Waals surface area contributed by atoms with Crippen molar-refractivity contribution in [2.75, 3.05) is 5.73 Å². The van der Waals surface area contributed by atoms with Crippen molar-refractivity contribution < 1.29 is 14.3 Å². The number of rotatable bonds is 7. The predicted molar refractivity (Wildman–Crippen MR) is 74.5 cm³/mol. The molecule has 1 rings (SSSR count). The van der Waals surface area contributed by atoms with Gasteiger partial charge >= 0.3 is 5.97 Å². The first-order valence-corrected chi connectivity index (χ1v) is 6.32. The first-order valence-electron chi connectivity index (χ1n) is 6.32. The number of unbranched alkanes of at least 4 members (excludes halogenated alkanes) is 1. The summed E-state index contributed by atoms with van der Waals surface area (Å²) in [6, 6.07) is 6.73. The Morgan fingerprint density at radius 1 is 1.42 bits per heavy atom. The fourth-order valence-corrected chi connectivity index (χ4v) is 1.84. The topological polar surface area (TPSA) is 69.4 Å². The van der Waals surface area contributed by atoms with Crippen molar-refractivity contribution >= 4 is 17.4 Å². The lowest BCUT2D eigenvalue weighted by molar-refractivity contribution is -0.141. The Balaban J connectivity index is 2.96. The van der Waals surface area contributed by atoms with E-state index in [-0.39, 0.29) is 5.78 Å². The van der Waals surface area contributed by atoms with E-state index in [1.54, 1.807) is 24.3 Å². The van der Waals surface area contributed by atoms with Gasteiger partial charge in [-0.1, -0.05) is 38.5 Å². The minimum absolute atomic E-state index is 0.293. The van der Waals surface area contributed by atoms with Crippen molar-refractivity contribution in [1.29, 1.82) is 0 Å². The quantitative estimate of drug-likeness (QED) is 0.269. The fraction of sp³-hybridized carbons (Fsp3) is 0.333. The maximum Gasteiger partial charge on any atom is 0.321 e. The smallest absolute Gasteiger partial charge is 0.321 e. The van der Waals surface area contributed by atoms with Gasteiger partial charge in [0.2, 0.25) is 0 Å². The van der Waals surface area contributed by atoms with Gasteiger partial charge in [-0.05, 0) is 18.6 Å². The second-order valence-electron chi connectivity index (χ2n) is 4.25. The van der Waals surface area contributed by atoms with Gasteiger partial charge in [-0.3, -0.25) is 9.59 Å². The molecule has 0 aliphatic carbocycles. The van der Waals surface area contributed by atoms with E-state index in [1.165, 1.54) is 0 Å². The molecule has 2 N–H and O–H groups in total. The third-order valence-electron chi connectivity index (χ3n) is 2.87. The van der Waals surface area contributed by atoms with Crippen LogP contribution in [0.1, 0.15) is 36.5 Å². The van der Waals surface area contributed by atoms with E-state index in [0.29, 0.717) is 17.7 Å². The highest BCUT2D eigenvalue weighted by molar-refractivity contribution is 6.11. The molecule has 0 radical (unpaired) electrons. The molecular formula is C15H19NO3. The number of Topliss-reactive ketones (excluding diaryl/α,β-unsaturated/α-hetero) is 1. The summed E-state index contributed by atoms with van der Waals surface area (Å²) >= 11 is 0. The van der Waals surface area contributed by atoms with E-state index in [1.807, 2.05) is 6.92 Å². The summed E-state index contributed by atoms with van der Waals surface area (Å²) in [5.41, 5.74) is 6.51. The van der Waals surface area contributed by atoms with Crippen LogP contribution in [0, 0.1) is 5.92 Å². The molecule has 0 aliphatic rings. The van der Waals surface area contributed by atoms with Gasteiger partial charge in [0.15, 0.2) is 5.78 Å². The molecule has 4 nitrogen and oxygen atoms in total. The van der Waals surface area contributed by atoms with Crippen LogP contribution in [0.2, 0.25) is 0 Å². The van der Waals surface area contributed by atoms with Gasteiger partial charge in [0.1, 0.15) is 5.92 Å². The molecule has 0 fully saturated rings. The van der Waals surface area contributed by atoms with Crippen molar-refractivity contribution in [3.63, 3.8) is 0 Å². The SMILES string of the molecule is C=COC(=O)C(CCCC)C(=O)c1ccccc1N. The maximum atomic E-state index is 12.4. The van der Waals surface area contributed by atoms with Crippen molar-refractivity contribution in [3.05, 3.63) is 42.7 Å². The van der Waals surface area contributed by atoms with Crippen molar-refractivity contribution in [2.45, 2.75) is 26.2 Å². The highest BCUT2D eigenvalue weighted by Crippen LogP contribution is 2.21. The number of ether oxygens (including phenoxy) is 1. The molecule has 0 spiro atoms. The van der Waals surface area contributed by atoms with Crippen LogP contribution in [0.4, 0.5) is 5.69 Å². The molecule has 102 valence electrons. The minimum Gasteiger partial charge on any atom is -0.435 e. The summed E-state index contributed by atoms with van der Waals surface area (Å²) in [6.45, 7) is 5.33.